The topological polar surface area (TPSA) is 64.4 Å². The Morgan fingerprint density at radius 3 is 2.81 bits per heavy atom. The lowest BCUT2D eigenvalue weighted by molar-refractivity contribution is -0.121. The first-order chi connectivity index (χ1) is 13.1. The molecule has 140 valence electrons. The van der Waals surface area contributed by atoms with Gasteiger partial charge in [0.15, 0.2) is 11.7 Å². The van der Waals surface area contributed by atoms with Crippen LogP contribution in [0.15, 0.2) is 59.1 Å². The van der Waals surface area contributed by atoms with Crippen LogP contribution in [0, 0.1) is 0 Å². The van der Waals surface area contributed by atoms with Crippen molar-refractivity contribution < 1.29 is 13.9 Å². The fourth-order valence-corrected chi connectivity index (χ4v) is 2.85. The van der Waals surface area contributed by atoms with Crippen LogP contribution in [0.2, 0.25) is 10.0 Å². The molecule has 1 heterocycles. The molecule has 1 aromatic heterocycles. The maximum Gasteiger partial charge on any atom is 0.220 e. The summed E-state index contributed by atoms with van der Waals surface area (Å²) in [6.45, 7) is 0.767. The zero-order valence-electron chi connectivity index (χ0n) is 14.5. The molecule has 3 aromatic rings. The third kappa shape index (κ3) is 5.74. The molecule has 0 fully saturated rings. The fraction of sp³-hybridized carbons (Fsp3) is 0.200. The van der Waals surface area contributed by atoms with E-state index in [-0.39, 0.29) is 12.3 Å². The van der Waals surface area contributed by atoms with E-state index in [0.29, 0.717) is 47.0 Å². The van der Waals surface area contributed by atoms with Crippen LogP contribution in [0.1, 0.15) is 12.3 Å². The summed E-state index contributed by atoms with van der Waals surface area (Å²) in [5.41, 5.74) is 0.778. The van der Waals surface area contributed by atoms with Crippen LogP contribution < -0.4 is 10.1 Å². The quantitative estimate of drug-likeness (QED) is 0.548. The highest BCUT2D eigenvalue weighted by Gasteiger charge is 2.11. The number of rotatable bonds is 8. The molecule has 0 aliphatic rings. The number of hydrogen-bond acceptors (Lipinski definition) is 4. The van der Waals surface area contributed by atoms with E-state index in [4.69, 9.17) is 32.4 Å². The minimum Gasteiger partial charge on any atom is -0.492 e. The van der Waals surface area contributed by atoms with Crippen LogP contribution in [-0.2, 0) is 11.2 Å². The van der Waals surface area contributed by atoms with Gasteiger partial charge in [0.05, 0.1) is 17.8 Å². The van der Waals surface area contributed by atoms with E-state index in [1.54, 1.807) is 24.4 Å². The Labute approximate surface area is 167 Å². The van der Waals surface area contributed by atoms with Crippen molar-refractivity contribution in [1.82, 2.24) is 10.3 Å². The van der Waals surface area contributed by atoms with Crippen molar-refractivity contribution in [2.45, 2.75) is 12.8 Å². The predicted molar refractivity (Wildman–Crippen MR) is 105 cm³/mol. The number of amides is 1. The van der Waals surface area contributed by atoms with Crippen molar-refractivity contribution in [3.63, 3.8) is 0 Å². The normalized spacial score (nSPS) is 10.6. The van der Waals surface area contributed by atoms with Gasteiger partial charge in [0.1, 0.15) is 12.4 Å². The van der Waals surface area contributed by atoms with Crippen molar-refractivity contribution in [2.75, 3.05) is 13.2 Å². The highest BCUT2D eigenvalue weighted by atomic mass is 35.5. The molecule has 1 N–H and O–H groups in total. The molecule has 0 saturated carbocycles. The summed E-state index contributed by atoms with van der Waals surface area (Å²) < 4.78 is 11.2. The second kappa shape index (κ2) is 9.44. The summed E-state index contributed by atoms with van der Waals surface area (Å²) in [6, 6.07) is 14.5. The fourth-order valence-electron chi connectivity index (χ4n) is 2.44. The summed E-state index contributed by atoms with van der Waals surface area (Å²) in [4.78, 5) is 16.1. The number of halogens is 2. The maximum atomic E-state index is 11.9. The maximum absolute atomic E-state index is 11.9. The van der Waals surface area contributed by atoms with E-state index in [1.807, 2.05) is 30.3 Å². The van der Waals surface area contributed by atoms with Gasteiger partial charge < -0.3 is 14.5 Å². The van der Waals surface area contributed by atoms with Crippen molar-refractivity contribution in [2.24, 2.45) is 0 Å². The summed E-state index contributed by atoms with van der Waals surface area (Å²) in [5.74, 6) is 1.66. The Morgan fingerprint density at radius 2 is 2.00 bits per heavy atom. The van der Waals surface area contributed by atoms with Gasteiger partial charge in [0.25, 0.3) is 0 Å². The molecule has 3 rings (SSSR count). The zero-order chi connectivity index (χ0) is 19.1. The molecule has 5 nitrogen and oxygen atoms in total. The molecule has 0 aliphatic heterocycles. The van der Waals surface area contributed by atoms with E-state index in [9.17, 15) is 4.79 Å². The second-order valence-corrected chi connectivity index (χ2v) is 6.60. The highest BCUT2D eigenvalue weighted by Crippen LogP contribution is 2.28. The third-order valence-electron chi connectivity index (χ3n) is 3.75. The average molecular weight is 405 g/mol. The van der Waals surface area contributed by atoms with Crippen LogP contribution in [0.3, 0.4) is 0 Å². The minimum atomic E-state index is -0.0952. The number of benzene rings is 2. The first kappa shape index (κ1) is 19.3. The van der Waals surface area contributed by atoms with E-state index in [2.05, 4.69) is 10.3 Å². The van der Waals surface area contributed by atoms with Crippen LogP contribution in [0.5, 0.6) is 5.75 Å². The number of aromatic nitrogens is 1. The van der Waals surface area contributed by atoms with E-state index in [0.717, 1.165) is 5.56 Å². The van der Waals surface area contributed by atoms with Gasteiger partial charge in [-0.1, -0.05) is 41.4 Å². The summed E-state index contributed by atoms with van der Waals surface area (Å²) in [7, 11) is 0. The van der Waals surface area contributed by atoms with Gasteiger partial charge in [0.2, 0.25) is 5.91 Å². The largest absolute Gasteiger partial charge is 0.492 e. The van der Waals surface area contributed by atoms with Crippen molar-refractivity contribution in [1.29, 1.82) is 0 Å². The summed E-state index contributed by atoms with van der Waals surface area (Å²) >= 11 is 12.0. The lowest BCUT2D eigenvalue weighted by Crippen LogP contribution is -2.28. The molecule has 0 bridgehead atoms. The van der Waals surface area contributed by atoms with Gasteiger partial charge in [-0.2, -0.15) is 0 Å². The second-order valence-electron chi connectivity index (χ2n) is 5.75. The monoisotopic (exact) mass is 404 g/mol. The van der Waals surface area contributed by atoms with E-state index < -0.39 is 0 Å². The Bertz CT molecular complexity index is 912. The van der Waals surface area contributed by atoms with E-state index >= 15 is 0 Å². The SMILES string of the molecule is O=C(CCc1ncc(-c2ccccc2Cl)o1)NCCOc1cccc(Cl)c1. The molecule has 0 saturated heterocycles. The van der Waals surface area contributed by atoms with Crippen LogP contribution in [-0.4, -0.2) is 24.0 Å². The van der Waals surface area contributed by atoms with Crippen LogP contribution >= 0.6 is 23.2 Å². The van der Waals surface area contributed by atoms with Gasteiger partial charge in [0, 0.05) is 23.4 Å². The lowest BCUT2D eigenvalue weighted by atomic mass is 10.2. The molecule has 0 atom stereocenters. The Hall–Kier alpha value is -2.50. The van der Waals surface area contributed by atoms with Crippen LogP contribution in [0.25, 0.3) is 11.3 Å². The number of carbonyl (C=O) groups excluding carboxylic acids is 1. The number of carbonyl (C=O) groups is 1. The number of aryl methyl sites for hydroxylation is 1. The number of ether oxygens (including phenoxy) is 1. The number of oxazole rings is 1. The molecular formula is C20H18Cl2N2O3. The molecule has 0 spiro atoms. The van der Waals surface area contributed by atoms with Gasteiger partial charge in [-0.25, -0.2) is 4.98 Å². The van der Waals surface area contributed by atoms with Crippen molar-refractivity contribution in [3.8, 4) is 17.1 Å². The smallest absolute Gasteiger partial charge is 0.220 e. The minimum absolute atomic E-state index is 0.0952. The van der Waals surface area contributed by atoms with Gasteiger partial charge >= 0.3 is 0 Å². The molecule has 2 aromatic carbocycles. The highest BCUT2D eigenvalue weighted by molar-refractivity contribution is 6.33. The number of hydrogen-bond donors (Lipinski definition) is 1. The molecule has 0 unspecified atom stereocenters. The third-order valence-corrected chi connectivity index (χ3v) is 4.31. The summed E-state index contributed by atoms with van der Waals surface area (Å²) in [5, 5.41) is 4.00. The number of nitrogens with zero attached hydrogens (tertiary/aromatic N) is 1. The molecule has 7 heteroatoms. The van der Waals surface area contributed by atoms with Gasteiger partial charge in [-0.05, 0) is 30.3 Å². The standard InChI is InChI=1S/C20H18Cl2N2O3/c21-14-4-3-5-15(12-14)26-11-10-23-19(25)8-9-20-24-13-18(27-20)16-6-1-2-7-17(16)22/h1-7,12-13H,8-11H2,(H,23,25). The first-order valence-electron chi connectivity index (χ1n) is 8.46. The average Bonchev–Trinajstić information content (AvgIpc) is 3.13. The van der Waals surface area contributed by atoms with Gasteiger partial charge in [-0.3, -0.25) is 4.79 Å². The summed E-state index contributed by atoms with van der Waals surface area (Å²) in [6.07, 6.45) is 2.30. The zero-order valence-corrected chi connectivity index (χ0v) is 16.0. The molecule has 27 heavy (non-hydrogen) atoms. The lowest BCUT2D eigenvalue weighted by Gasteiger charge is -2.07. The first-order valence-corrected chi connectivity index (χ1v) is 9.22. The molecular weight excluding hydrogens is 387 g/mol. The van der Waals surface area contributed by atoms with E-state index in [1.165, 1.54) is 0 Å². The van der Waals surface area contributed by atoms with Crippen molar-refractivity contribution >= 4 is 29.1 Å². The number of nitrogens with one attached hydrogen (secondary N) is 1. The van der Waals surface area contributed by atoms with Crippen molar-refractivity contribution in [3.05, 3.63) is 70.7 Å². The Morgan fingerprint density at radius 1 is 1.15 bits per heavy atom. The molecule has 0 aliphatic carbocycles. The Kier molecular flexibility index (Phi) is 6.74. The molecule has 0 radical (unpaired) electrons. The predicted octanol–water partition coefficient (Wildman–Crippen LogP) is 4.78. The molecule has 1 amide bonds. The van der Waals surface area contributed by atoms with Crippen LogP contribution in [0.4, 0.5) is 0 Å². The Balaban J connectivity index is 1.40. The van der Waals surface area contributed by atoms with Gasteiger partial charge in [-0.15, -0.1) is 0 Å².